The van der Waals surface area contributed by atoms with E-state index in [1.807, 2.05) is 29.6 Å². The van der Waals surface area contributed by atoms with Crippen molar-refractivity contribution in [1.29, 1.82) is 0 Å². The number of aryl methyl sites for hydroxylation is 1. The van der Waals surface area contributed by atoms with Crippen LogP contribution in [0.15, 0.2) is 77.0 Å². The highest BCUT2D eigenvalue weighted by atomic mass is 32.1. The van der Waals surface area contributed by atoms with Gasteiger partial charge in [-0.2, -0.15) is 5.10 Å². The fourth-order valence-corrected chi connectivity index (χ4v) is 4.82. The van der Waals surface area contributed by atoms with E-state index in [1.165, 1.54) is 11.3 Å². The molecule has 10 heteroatoms. The predicted octanol–water partition coefficient (Wildman–Crippen LogP) is 3.47. The predicted molar refractivity (Wildman–Crippen MR) is 131 cm³/mol. The number of hydrogen-bond acceptors (Lipinski definition) is 6. The fourth-order valence-electron chi connectivity index (χ4n) is 4.15. The molecule has 0 spiro atoms. The van der Waals surface area contributed by atoms with E-state index < -0.39 is 11.8 Å². The molecule has 9 nitrogen and oxygen atoms in total. The van der Waals surface area contributed by atoms with Crippen LogP contribution in [-0.2, 0) is 16.0 Å². The van der Waals surface area contributed by atoms with Crippen LogP contribution in [0, 0.1) is 0 Å². The van der Waals surface area contributed by atoms with Gasteiger partial charge in [0.25, 0.3) is 5.91 Å². The van der Waals surface area contributed by atoms with Crippen LogP contribution in [0.25, 0.3) is 0 Å². The van der Waals surface area contributed by atoms with Gasteiger partial charge in [0.2, 0.25) is 0 Å². The van der Waals surface area contributed by atoms with Crippen LogP contribution < -0.4 is 15.5 Å². The van der Waals surface area contributed by atoms with Gasteiger partial charge in [-0.25, -0.2) is 0 Å². The summed E-state index contributed by atoms with van der Waals surface area (Å²) in [4.78, 5) is 40.4. The Labute approximate surface area is 205 Å². The number of benzene rings is 1. The quantitative estimate of drug-likeness (QED) is 0.403. The molecule has 0 bridgehead atoms. The van der Waals surface area contributed by atoms with E-state index in [-0.39, 0.29) is 18.5 Å². The van der Waals surface area contributed by atoms with Gasteiger partial charge in [0.1, 0.15) is 11.8 Å². The lowest BCUT2D eigenvalue weighted by molar-refractivity contribution is -0.136. The molecular formula is C25H23N5O4S. The molecule has 178 valence electrons. The molecular weight excluding hydrogens is 466 g/mol. The molecule has 1 aliphatic heterocycles. The van der Waals surface area contributed by atoms with Crippen molar-refractivity contribution in [3.05, 3.63) is 88.8 Å². The molecule has 1 atom stereocenters. The number of carbonyl (C=O) groups is 3. The number of rotatable bonds is 6. The van der Waals surface area contributed by atoms with Crippen LogP contribution in [0.5, 0.6) is 0 Å². The second-order valence-corrected chi connectivity index (χ2v) is 9.01. The highest BCUT2D eigenvalue weighted by molar-refractivity contribution is 7.12. The van der Waals surface area contributed by atoms with Gasteiger partial charge in [-0.3, -0.25) is 19.1 Å². The molecule has 1 aromatic carbocycles. The third-order valence-electron chi connectivity index (χ3n) is 5.81. The van der Waals surface area contributed by atoms with Gasteiger partial charge in [0.15, 0.2) is 0 Å². The van der Waals surface area contributed by atoms with Gasteiger partial charge in [0.05, 0.1) is 11.1 Å². The van der Waals surface area contributed by atoms with Crippen molar-refractivity contribution in [2.75, 3.05) is 23.3 Å². The summed E-state index contributed by atoms with van der Waals surface area (Å²) < 4.78 is 7.13. The van der Waals surface area contributed by atoms with Crippen LogP contribution in [0.1, 0.15) is 33.5 Å². The molecule has 4 heterocycles. The average Bonchev–Trinajstić information content (AvgIpc) is 3.67. The second-order valence-electron chi connectivity index (χ2n) is 8.06. The van der Waals surface area contributed by atoms with Gasteiger partial charge in [-0.05, 0) is 66.2 Å². The lowest BCUT2D eigenvalue weighted by Gasteiger charge is -2.29. The number of fused-ring (bicyclic) bond motifs is 1. The summed E-state index contributed by atoms with van der Waals surface area (Å²) in [6.07, 6.45) is 6.55. The molecule has 0 saturated heterocycles. The molecule has 0 saturated carbocycles. The minimum absolute atomic E-state index is 0.0274. The number of thiophene rings is 1. The van der Waals surface area contributed by atoms with Gasteiger partial charge >= 0.3 is 11.8 Å². The van der Waals surface area contributed by atoms with Crippen molar-refractivity contribution in [2.24, 2.45) is 0 Å². The van der Waals surface area contributed by atoms with E-state index in [1.54, 1.807) is 52.5 Å². The number of carbonyl (C=O) groups excluding carboxylic acids is 3. The first-order valence-electron chi connectivity index (χ1n) is 11.2. The Hall–Kier alpha value is -4.18. The summed E-state index contributed by atoms with van der Waals surface area (Å²) in [5.74, 6) is -0.946. The molecule has 0 aliphatic carbocycles. The molecule has 3 amide bonds. The maximum Gasteiger partial charge on any atom is 0.313 e. The Morgan fingerprint density at radius 3 is 2.77 bits per heavy atom. The first kappa shape index (κ1) is 22.6. The van der Waals surface area contributed by atoms with E-state index in [0.29, 0.717) is 22.9 Å². The van der Waals surface area contributed by atoms with Crippen LogP contribution >= 0.6 is 11.3 Å². The first-order valence-corrected chi connectivity index (χ1v) is 12.1. The Bertz CT molecular complexity index is 1280. The lowest BCUT2D eigenvalue weighted by atomic mass is 10.0. The van der Waals surface area contributed by atoms with Crippen molar-refractivity contribution in [2.45, 2.75) is 18.9 Å². The zero-order valence-corrected chi connectivity index (χ0v) is 19.5. The van der Waals surface area contributed by atoms with E-state index in [4.69, 9.17) is 4.42 Å². The molecule has 5 rings (SSSR count). The Kier molecular flexibility index (Phi) is 6.44. The average molecular weight is 490 g/mol. The number of anilines is 2. The molecule has 1 unspecified atom stereocenters. The second kappa shape index (κ2) is 9.98. The highest BCUT2D eigenvalue weighted by Crippen LogP contribution is 2.31. The number of aromatic nitrogens is 2. The van der Waals surface area contributed by atoms with Gasteiger partial charge in [0, 0.05) is 36.9 Å². The number of nitrogens with zero attached hydrogens (tertiary/aromatic N) is 3. The maximum absolute atomic E-state index is 12.9. The maximum atomic E-state index is 12.9. The molecule has 35 heavy (non-hydrogen) atoms. The van der Waals surface area contributed by atoms with Crippen LogP contribution in [0.4, 0.5) is 11.4 Å². The van der Waals surface area contributed by atoms with Crippen molar-refractivity contribution in [3.63, 3.8) is 0 Å². The normalized spacial score (nSPS) is 13.7. The Morgan fingerprint density at radius 2 is 2.03 bits per heavy atom. The lowest BCUT2D eigenvalue weighted by Crippen LogP contribution is -2.39. The number of hydrogen-bond donors (Lipinski definition) is 2. The fraction of sp³-hybridized carbons (Fsp3) is 0.200. The largest absolute Gasteiger partial charge is 0.467 e. The Balaban J connectivity index is 1.23. The summed E-state index contributed by atoms with van der Waals surface area (Å²) in [7, 11) is 0. The van der Waals surface area contributed by atoms with Crippen molar-refractivity contribution < 1.29 is 18.8 Å². The van der Waals surface area contributed by atoms with E-state index in [0.717, 1.165) is 24.1 Å². The summed E-state index contributed by atoms with van der Waals surface area (Å²) in [6.45, 7) is 0.774. The zero-order chi connectivity index (χ0) is 24.2. The molecule has 2 N–H and O–H groups in total. The molecule has 0 radical (unpaired) electrons. The highest BCUT2D eigenvalue weighted by Gasteiger charge is 2.25. The summed E-state index contributed by atoms with van der Waals surface area (Å²) >= 11 is 1.41. The third kappa shape index (κ3) is 4.87. The van der Waals surface area contributed by atoms with Gasteiger partial charge in [-0.1, -0.05) is 6.07 Å². The standard InChI is InChI=1S/C25H23N5O4S/c31-23(26-16-20(21-6-2-13-34-21)30-12-4-10-27-30)24(32)28-18-8-9-19-17(15-18)5-1-11-29(19)25(33)22-7-3-14-35-22/h2-4,6-10,12-15,20H,1,5,11,16H2,(H,26,31)(H,28,32). The zero-order valence-electron chi connectivity index (χ0n) is 18.7. The van der Waals surface area contributed by atoms with Crippen LogP contribution in [-0.4, -0.2) is 40.6 Å². The molecule has 4 aromatic rings. The number of furan rings is 1. The third-order valence-corrected chi connectivity index (χ3v) is 6.67. The Morgan fingerprint density at radius 1 is 1.11 bits per heavy atom. The molecule has 0 fully saturated rings. The minimum atomic E-state index is -0.772. The number of nitrogens with one attached hydrogen (secondary N) is 2. The minimum Gasteiger partial charge on any atom is -0.467 e. The topological polar surface area (TPSA) is 109 Å². The first-order chi connectivity index (χ1) is 17.1. The summed E-state index contributed by atoms with van der Waals surface area (Å²) in [5, 5.41) is 11.4. The van der Waals surface area contributed by atoms with E-state index in [2.05, 4.69) is 15.7 Å². The van der Waals surface area contributed by atoms with E-state index in [9.17, 15) is 14.4 Å². The van der Waals surface area contributed by atoms with Crippen molar-refractivity contribution in [3.8, 4) is 0 Å². The van der Waals surface area contributed by atoms with Gasteiger partial charge in [-0.15, -0.1) is 11.3 Å². The van der Waals surface area contributed by atoms with Crippen molar-refractivity contribution >= 4 is 40.4 Å². The monoisotopic (exact) mass is 489 g/mol. The summed E-state index contributed by atoms with van der Waals surface area (Å²) in [5.41, 5.74) is 2.29. The van der Waals surface area contributed by atoms with E-state index >= 15 is 0 Å². The van der Waals surface area contributed by atoms with Crippen LogP contribution in [0.3, 0.4) is 0 Å². The number of amides is 3. The van der Waals surface area contributed by atoms with Gasteiger partial charge < -0.3 is 20.0 Å². The smallest absolute Gasteiger partial charge is 0.313 e. The molecule has 3 aromatic heterocycles. The van der Waals surface area contributed by atoms with Crippen LogP contribution in [0.2, 0.25) is 0 Å². The summed E-state index contributed by atoms with van der Waals surface area (Å²) in [6, 6.07) is 14.0. The van der Waals surface area contributed by atoms with Crippen molar-refractivity contribution in [1.82, 2.24) is 15.1 Å². The SMILES string of the molecule is O=C(NCC(c1ccco1)n1cccn1)C(=O)Nc1ccc2c(c1)CCCN2C(=O)c1cccs1. The molecule has 1 aliphatic rings.